The van der Waals surface area contributed by atoms with Crippen LogP contribution in [0, 0.1) is 10.1 Å². The van der Waals surface area contributed by atoms with Crippen molar-refractivity contribution in [2.75, 3.05) is 31.1 Å². The van der Waals surface area contributed by atoms with Gasteiger partial charge in [0.25, 0.3) is 5.91 Å². The van der Waals surface area contributed by atoms with Crippen LogP contribution in [-0.4, -0.2) is 46.9 Å². The van der Waals surface area contributed by atoms with E-state index in [0.717, 1.165) is 45.7 Å². The number of rotatable bonds is 9. The smallest absolute Gasteiger partial charge is 0.302 e. The molecule has 1 aromatic carbocycles. The Morgan fingerprint density at radius 2 is 1.97 bits per heavy atom. The average Bonchev–Trinajstić information content (AvgIpc) is 3.36. The second kappa shape index (κ2) is 10.3. The SMILES string of the molecule is CCN(CC)CCN(C(=O)/C=C/c1ccc([N+](=O)[O-])s1)c1nc2ccc(Br)cc2s1. The molecular formula is C20H21BrN4O3S2. The van der Waals surface area contributed by atoms with Gasteiger partial charge in [-0.3, -0.25) is 19.8 Å². The van der Waals surface area contributed by atoms with Crippen molar-refractivity contribution in [1.29, 1.82) is 0 Å². The van der Waals surface area contributed by atoms with Crippen LogP contribution in [0.15, 0.2) is 40.9 Å². The third kappa shape index (κ3) is 5.51. The summed E-state index contributed by atoms with van der Waals surface area (Å²) in [5.41, 5.74) is 0.844. The number of nitrogens with zero attached hydrogens (tertiary/aromatic N) is 4. The van der Waals surface area contributed by atoms with Crippen LogP contribution in [0.25, 0.3) is 16.3 Å². The van der Waals surface area contributed by atoms with E-state index in [0.29, 0.717) is 16.6 Å². The van der Waals surface area contributed by atoms with E-state index in [9.17, 15) is 14.9 Å². The van der Waals surface area contributed by atoms with Crippen molar-refractivity contribution >= 4 is 70.9 Å². The molecule has 0 bridgehead atoms. The van der Waals surface area contributed by atoms with Crippen LogP contribution in [0.4, 0.5) is 10.1 Å². The zero-order valence-electron chi connectivity index (χ0n) is 16.6. The third-order valence-electron chi connectivity index (χ3n) is 4.55. The lowest BCUT2D eigenvalue weighted by Crippen LogP contribution is -2.38. The molecule has 3 aromatic rings. The van der Waals surface area contributed by atoms with Crippen LogP contribution in [0.1, 0.15) is 18.7 Å². The Kier molecular flexibility index (Phi) is 7.70. The highest BCUT2D eigenvalue weighted by Gasteiger charge is 2.19. The number of hydrogen-bond acceptors (Lipinski definition) is 7. The number of fused-ring (bicyclic) bond motifs is 1. The first-order valence-corrected chi connectivity index (χ1v) is 11.9. The Morgan fingerprint density at radius 3 is 2.63 bits per heavy atom. The number of hydrogen-bond donors (Lipinski definition) is 0. The highest BCUT2D eigenvalue weighted by atomic mass is 79.9. The van der Waals surface area contributed by atoms with Gasteiger partial charge in [-0.25, -0.2) is 4.98 Å². The van der Waals surface area contributed by atoms with E-state index in [1.54, 1.807) is 17.0 Å². The number of nitro groups is 1. The first-order chi connectivity index (χ1) is 14.4. The van der Waals surface area contributed by atoms with Crippen LogP contribution >= 0.6 is 38.6 Å². The van der Waals surface area contributed by atoms with Gasteiger partial charge in [0.05, 0.1) is 15.1 Å². The molecule has 0 atom stereocenters. The first-order valence-electron chi connectivity index (χ1n) is 9.43. The van der Waals surface area contributed by atoms with Crippen LogP contribution < -0.4 is 4.90 Å². The summed E-state index contributed by atoms with van der Waals surface area (Å²) in [6, 6.07) is 8.93. The average molecular weight is 509 g/mol. The Hall–Kier alpha value is -2.14. The van der Waals surface area contributed by atoms with Gasteiger partial charge in [-0.1, -0.05) is 52.5 Å². The fourth-order valence-corrected chi connectivity index (χ4v) is 5.13. The summed E-state index contributed by atoms with van der Waals surface area (Å²) in [6.07, 6.45) is 3.08. The number of carbonyl (C=O) groups excluding carboxylic acids is 1. The Morgan fingerprint density at radius 1 is 1.20 bits per heavy atom. The minimum absolute atomic E-state index is 0.0530. The highest BCUT2D eigenvalue weighted by Crippen LogP contribution is 2.31. The van der Waals surface area contributed by atoms with Crippen molar-refractivity contribution < 1.29 is 9.72 Å². The van der Waals surface area contributed by atoms with Crippen LogP contribution in [0.2, 0.25) is 0 Å². The monoisotopic (exact) mass is 508 g/mol. The molecule has 0 radical (unpaired) electrons. The molecule has 7 nitrogen and oxygen atoms in total. The van der Waals surface area contributed by atoms with Gasteiger partial charge in [0.15, 0.2) is 5.13 Å². The number of anilines is 1. The maximum atomic E-state index is 13.0. The van der Waals surface area contributed by atoms with Gasteiger partial charge in [0.1, 0.15) is 0 Å². The maximum absolute atomic E-state index is 13.0. The molecule has 0 spiro atoms. The van der Waals surface area contributed by atoms with Gasteiger partial charge in [-0.05, 0) is 43.4 Å². The number of carbonyl (C=O) groups is 1. The number of aromatic nitrogens is 1. The summed E-state index contributed by atoms with van der Waals surface area (Å²) in [4.78, 5) is 32.7. The molecule has 10 heteroatoms. The van der Waals surface area contributed by atoms with Gasteiger partial charge in [-0.15, -0.1) is 0 Å². The molecule has 0 N–H and O–H groups in total. The number of likely N-dealkylation sites (N-methyl/N-ethyl adjacent to an activating group) is 1. The normalized spacial score (nSPS) is 11.6. The molecule has 0 saturated heterocycles. The predicted molar refractivity (Wildman–Crippen MR) is 127 cm³/mol. The van der Waals surface area contributed by atoms with Crippen molar-refractivity contribution in [2.45, 2.75) is 13.8 Å². The second-order valence-corrected chi connectivity index (χ2v) is 9.41. The van der Waals surface area contributed by atoms with Crippen LogP contribution in [0.5, 0.6) is 0 Å². The van der Waals surface area contributed by atoms with Crippen molar-refractivity contribution in [3.8, 4) is 0 Å². The van der Waals surface area contributed by atoms with E-state index in [1.165, 1.54) is 23.5 Å². The lowest BCUT2D eigenvalue weighted by molar-refractivity contribution is -0.380. The number of halogens is 1. The Balaban J connectivity index is 1.85. The summed E-state index contributed by atoms with van der Waals surface area (Å²) in [5.74, 6) is -0.198. The molecule has 0 unspecified atom stereocenters. The molecule has 0 saturated carbocycles. The van der Waals surface area contributed by atoms with Crippen molar-refractivity contribution in [2.24, 2.45) is 0 Å². The molecule has 158 valence electrons. The number of thiophene rings is 1. The van der Waals surface area contributed by atoms with Gasteiger partial charge < -0.3 is 4.90 Å². The fraction of sp³-hybridized carbons (Fsp3) is 0.300. The molecule has 0 aliphatic heterocycles. The molecule has 30 heavy (non-hydrogen) atoms. The minimum atomic E-state index is -0.431. The maximum Gasteiger partial charge on any atom is 0.324 e. The molecule has 2 heterocycles. The van der Waals surface area contributed by atoms with Crippen molar-refractivity contribution in [1.82, 2.24) is 9.88 Å². The fourth-order valence-electron chi connectivity index (χ4n) is 2.86. The van der Waals surface area contributed by atoms with E-state index < -0.39 is 4.92 Å². The summed E-state index contributed by atoms with van der Waals surface area (Å²) < 4.78 is 1.96. The molecule has 0 aliphatic carbocycles. The van der Waals surface area contributed by atoms with Gasteiger partial charge >= 0.3 is 5.00 Å². The zero-order valence-corrected chi connectivity index (χ0v) is 19.8. The lowest BCUT2D eigenvalue weighted by Gasteiger charge is -2.23. The number of amides is 1. The van der Waals surface area contributed by atoms with Crippen molar-refractivity contribution in [3.63, 3.8) is 0 Å². The summed E-state index contributed by atoms with van der Waals surface area (Å²) >= 11 is 5.98. The second-order valence-electron chi connectivity index (χ2n) is 6.39. The Labute approximate surface area is 190 Å². The van der Waals surface area contributed by atoms with E-state index in [4.69, 9.17) is 0 Å². The largest absolute Gasteiger partial charge is 0.324 e. The summed E-state index contributed by atoms with van der Waals surface area (Å²) in [7, 11) is 0. The van der Waals surface area contributed by atoms with Crippen molar-refractivity contribution in [3.05, 3.63) is 55.9 Å². The van der Waals surface area contributed by atoms with Crippen LogP contribution in [0.3, 0.4) is 0 Å². The van der Waals surface area contributed by atoms with E-state index in [2.05, 4.69) is 39.7 Å². The molecule has 3 rings (SSSR count). The first kappa shape index (κ1) is 22.5. The van der Waals surface area contributed by atoms with Gasteiger partial charge in [0.2, 0.25) is 0 Å². The molecule has 0 aliphatic rings. The molecule has 2 aromatic heterocycles. The quantitative estimate of drug-likeness (QED) is 0.219. The van der Waals surface area contributed by atoms with E-state index >= 15 is 0 Å². The molecule has 1 amide bonds. The standard InChI is InChI=1S/C20H21BrN4O3S2/c1-3-23(4-2)11-12-24(20-22-16-8-5-14(21)13-17(16)30-20)18(26)9-6-15-7-10-19(29-15)25(27)28/h5-10,13H,3-4,11-12H2,1-2H3/b9-6+. The number of thiazole rings is 1. The van der Waals surface area contributed by atoms with Gasteiger partial charge in [0, 0.05) is 34.6 Å². The predicted octanol–water partition coefficient (Wildman–Crippen LogP) is 5.42. The summed E-state index contributed by atoms with van der Waals surface area (Å²) in [5, 5.41) is 11.6. The topological polar surface area (TPSA) is 79.6 Å². The third-order valence-corrected chi connectivity index (χ3v) is 7.09. The van der Waals surface area contributed by atoms with Crippen LogP contribution in [-0.2, 0) is 4.79 Å². The number of benzene rings is 1. The zero-order chi connectivity index (χ0) is 21.7. The molecule has 0 fully saturated rings. The minimum Gasteiger partial charge on any atom is -0.302 e. The summed E-state index contributed by atoms with van der Waals surface area (Å²) in [6.45, 7) is 7.23. The van der Waals surface area contributed by atoms with E-state index in [-0.39, 0.29) is 10.9 Å². The highest BCUT2D eigenvalue weighted by molar-refractivity contribution is 9.10. The molecular weight excluding hydrogens is 488 g/mol. The van der Waals surface area contributed by atoms with Gasteiger partial charge in [-0.2, -0.15) is 0 Å². The lowest BCUT2D eigenvalue weighted by atomic mass is 10.3. The Bertz CT molecular complexity index is 1080. The van der Waals surface area contributed by atoms with E-state index in [1.807, 2.05) is 18.2 Å².